The molecule has 0 saturated heterocycles. The Bertz CT molecular complexity index is 957. The van der Waals surface area contributed by atoms with Crippen LogP contribution in [0.3, 0.4) is 0 Å². The fourth-order valence-electron chi connectivity index (χ4n) is 10.2. The highest BCUT2D eigenvalue weighted by Gasteiger charge is 2.59. The molecule has 0 aromatic rings. The Balaban J connectivity index is 0.000000274. The number of hydrogen-bond acceptors (Lipinski definition) is 5. The molecule has 0 radical (unpaired) electrons. The minimum atomic E-state index is -0.896. The zero-order valence-electron chi connectivity index (χ0n) is 25.2. The number of fused-ring (bicyclic) bond motifs is 5. The van der Waals surface area contributed by atoms with E-state index < -0.39 is 5.97 Å². The average Bonchev–Trinajstić information content (AvgIpc) is 3.70. The van der Waals surface area contributed by atoms with Crippen LogP contribution in [0.5, 0.6) is 0 Å². The Morgan fingerprint density at radius 1 is 0.825 bits per heavy atom. The van der Waals surface area contributed by atoms with Crippen molar-refractivity contribution in [3.8, 4) is 0 Å². The van der Waals surface area contributed by atoms with Gasteiger partial charge in [-0.1, -0.05) is 70.8 Å². The van der Waals surface area contributed by atoms with Crippen molar-refractivity contribution < 1.29 is 24.2 Å². The van der Waals surface area contributed by atoms with Crippen LogP contribution in [0.1, 0.15) is 142 Å². The van der Waals surface area contributed by atoms with Gasteiger partial charge in [0.25, 0.3) is 0 Å². The van der Waals surface area contributed by atoms with Gasteiger partial charge in [0, 0.05) is 24.2 Å². The van der Waals surface area contributed by atoms with E-state index >= 15 is 0 Å². The number of carboxylic acids is 1. The van der Waals surface area contributed by atoms with Gasteiger partial charge in [0.2, 0.25) is 0 Å². The molecule has 40 heavy (non-hydrogen) atoms. The van der Waals surface area contributed by atoms with Gasteiger partial charge in [0.15, 0.2) is 5.78 Å². The van der Waals surface area contributed by atoms with Gasteiger partial charge in [-0.3, -0.25) is 9.59 Å². The van der Waals surface area contributed by atoms with Crippen LogP contribution in [-0.2, 0) is 19.1 Å². The second-order valence-corrected chi connectivity index (χ2v) is 14.8. The fourth-order valence-corrected chi connectivity index (χ4v) is 10.2. The van der Waals surface area contributed by atoms with Crippen molar-refractivity contribution in [2.24, 2.45) is 40.4 Å². The Morgan fingerprint density at radius 2 is 1.48 bits per heavy atom. The molecule has 5 heteroatoms. The van der Waals surface area contributed by atoms with Crippen molar-refractivity contribution in [3.63, 3.8) is 0 Å². The quantitative estimate of drug-likeness (QED) is 0.314. The first-order chi connectivity index (χ1) is 19.2. The molecule has 0 aliphatic heterocycles. The van der Waals surface area contributed by atoms with Crippen molar-refractivity contribution >= 4 is 17.7 Å². The molecule has 6 rings (SSSR count). The minimum absolute atomic E-state index is 0.0579. The summed E-state index contributed by atoms with van der Waals surface area (Å²) in [5.74, 6) is 3.06. The maximum Gasteiger partial charge on any atom is 0.306 e. The number of carbonyl (C=O) groups is 3. The molecule has 0 unspecified atom stereocenters. The number of esters is 1. The van der Waals surface area contributed by atoms with Crippen molar-refractivity contribution in [1.82, 2.24) is 0 Å². The molecule has 224 valence electrons. The van der Waals surface area contributed by atoms with E-state index in [1.54, 1.807) is 0 Å². The fraction of sp³-hybridized carbons (Fsp3) is 0.857. The molecular weight excluding hydrogens is 500 g/mol. The van der Waals surface area contributed by atoms with Crippen LogP contribution in [0, 0.1) is 40.4 Å². The molecule has 6 atom stereocenters. The minimum Gasteiger partial charge on any atom is -0.550 e. The van der Waals surface area contributed by atoms with Crippen LogP contribution >= 0.6 is 0 Å². The number of hydrogen-bond donors (Lipinski definition) is 0. The van der Waals surface area contributed by atoms with Crippen LogP contribution in [0.25, 0.3) is 0 Å². The first-order valence-corrected chi connectivity index (χ1v) is 16.8. The summed E-state index contributed by atoms with van der Waals surface area (Å²) >= 11 is 0. The lowest BCUT2D eigenvalue weighted by molar-refractivity contribution is -0.306. The molecule has 6 aliphatic carbocycles. The Morgan fingerprint density at radius 3 is 2.12 bits per heavy atom. The summed E-state index contributed by atoms with van der Waals surface area (Å²) in [6.45, 7) is 4.87. The molecule has 5 saturated carbocycles. The van der Waals surface area contributed by atoms with E-state index in [2.05, 4.69) is 13.8 Å². The normalized spacial score (nSPS) is 37.5. The second kappa shape index (κ2) is 12.7. The van der Waals surface area contributed by atoms with Crippen LogP contribution < -0.4 is 5.11 Å². The van der Waals surface area contributed by atoms with Gasteiger partial charge < -0.3 is 14.6 Å². The number of carbonyl (C=O) groups excluding carboxylic acids is 3. The molecule has 0 N–H and O–H groups in total. The smallest absolute Gasteiger partial charge is 0.306 e. The first kappa shape index (κ1) is 29.8. The Labute approximate surface area is 242 Å². The molecule has 5 nitrogen and oxygen atoms in total. The first-order valence-electron chi connectivity index (χ1n) is 16.8. The molecule has 5 fully saturated rings. The maximum atomic E-state index is 12.7. The molecule has 0 bridgehead atoms. The highest BCUT2D eigenvalue weighted by atomic mass is 16.5. The highest BCUT2D eigenvalue weighted by molar-refractivity contribution is 5.91. The molecule has 0 aromatic heterocycles. The highest BCUT2D eigenvalue weighted by Crippen LogP contribution is 2.65. The van der Waals surface area contributed by atoms with Gasteiger partial charge in [-0.25, -0.2) is 0 Å². The van der Waals surface area contributed by atoms with E-state index in [0.717, 1.165) is 50.4 Å². The van der Waals surface area contributed by atoms with Gasteiger partial charge >= 0.3 is 5.97 Å². The third-order valence-electron chi connectivity index (χ3n) is 12.6. The van der Waals surface area contributed by atoms with E-state index in [1.807, 2.05) is 6.08 Å². The van der Waals surface area contributed by atoms with Crippen LogP contribution in [0.15, 0.2) is 11.6 Å². The lowest BCUT2D eigenvalue weighted by Crippen LogP contribution is -2.51. The summed E-state index contributed by atoms with van der Waals surface area (Å²) in [6, 6.07) is 0. The third-order valence-corrected chi connectivity index (χ3v) is 12.6. The summed E-state index contributed by atoms with van der Waals surface area (Å²) in [6.07, 6.45) is 24.0. The van der Waals surface area contributed by atoms with E-state index in [9.17, 15) is 19.5 Å². The maximum absolute atomic E-state index is 12.7. The Kier molecular flexibility index (Phi) is 9.47. The van der Waals surface area contributed by atoms with Gasteiger partial charge in [0.05, 0.1) is 0 Å². The van der Waals surface area contributed by atoms with Crippen molar-refractivity contribution in [2.45, 2.75) is 148 Å². The molecule has 6 aliphatic rings. The summed E-state index contributed by atoms with van der Waals surface area (Å²) < 4.78 is 6.17. The second-order valence-electron chi connectivity index (χ2n) is 14.8. The lowest BCUT2D eigenvalue weighted by atomic mass is 9.47. The number of allylic oxidation sites excluding steroid dienone is 1. The van der Waals surface area contributed by atoms with Gasteiger partial charge in [0.1, 0.15) is 6.10 Å². The number of rotatable bonds is 7. The number of carboxylic acid groups (broad SMARTS) is 1. The zero-order valence-corrected chi connectivity index (χ0v) is 25.2. The summed E-state index contributed by atoms with van der Waals surface area (Å²) in [4.78, 5) is 34.7. The van der Waals surface area contributed by atoms with Crippen LogP contribution in [0.4, 0.5) is 0 Å². The number of ketones is 1. The van der Waals surface area contributed by atoms with Crippen LogP contribution in [-0.4, -0.2) is 23.8 Å². The molecule has 0 spiro atoms. The Hall–Kier alpha value is -1.65. The van der Waals surface area contributed by atoms with E-state index in [-0.39, 0.29) is 29.3 Å². The summed E-state index contributed by atoms with van der Waals surface area (Å²) in [5.41, 5.74) is 1.83. The summed E-state index contributed by atoms with van der Waals surface area (Å²) in [5, 5.41) is 10.0. The number of aliphatic carboxylic acids is 1. The topological polar surface area (TPSA) is 83.5 Å². The molecule has 0 aromatic carbocycles. The van der Waals surface area contributed by atoms with Crippen LogP contribution in [0.2, 0.25) is 0 Å². The monoisotopic (exact) mass is 553 g/mol. The van der Waals surface area contributed by atoms with Gasteiger partial charge in [-0.15, -0.1) is 0 Å². The summed E-state index contributed by atoms with van der Waals surface area (Å²) in [7, 11) is 0. The van der Waals surface area contributed by atoms with Gasteiger partial charge in [-0.05, 0) is 105 Å². The van der Waals surface area contributed by atoms with E-state index in [1.165, 1.54) is 82.6 Å². The van der Waals surface area contributed by atoms with Gasteiger partial charge in [-0.2, -0.15) is 0 Å². The van der Waals surface area contributed by atoms with E-state index in [4.69, 9.17) is 4.74 Å². The van der Waals surface area contributed by atoms with Crippen molar-refractivity contribution in [1.29, 1.82) is 0 Å². The standard InChI is InChI=1S/C27H40O3.C8H14O2/c1-26-15-13-20(28)17-19(26)8-9-21-22-10-11-24(27(22,2)16-14-23(21)26)30-25(29)12-7-18-5-3-4-6-18;9-8(10)6-5-7-3-1-2-4-7/h17-18,21-24H,3-16H2,1-2H3;7H,1-6H2,(H,9,10)/p-1/t21-,22-,23-,24-,26-,27-;/m0./s1. The zero-order chi connectivity index (χ0) is 28.3. The SMILES string of the molecule is C[C@]12CC[C@H]3[C@@H](CCC4=CC(=O)CC[C@@]43C)[C@@H]1CC[C@@H]2OC(=O)CCC1CCCC1.O=C([O-])CCC1CCCC1. The molecular formula is C35H53O5-. The predicted molar refractivity (Wildman–Crippen MR) is 154 cm³/mol. The average molecular weight is 554 g/mol. The largest absolute Gasteiger partial charge is 0.550 e. The lowest BCUT2D eigenvalue weighted by Gasteiger charge is -2.57. The predicted octanol–water partition coefficient (Wildman–Crippen LogP) is 7.11. The third kappa shape index (κ3) is 6.38. The molecule has 0 amide bonds. The van der Waals surface area contributed by atoms with Crippen molar-refractivity contribution in [2.75, 3.05) is 0 Å². The molecule has 0 heterocycles. The van der Waals surface area contributed by atoms with E-state index in [0.29, 0.717) is 30.0 Å². The number of ether oxygens (including phenoxy) is 1. The van der Waals surface area contributed by atoms with Crippen molar-refractivity contribution in [3.05, 3.63) is 11.6 Å².